The van der Waals surface area contributed by atoms with Gasteiger partial charge in [-0.2, -0.15) is 16.7 Å². The number of hydrogen-bond donors (Lipinski definition) is 0. The Kier molecular flexibility index (Phi) is 3.25. The average Bonchev–Trinajstić information content (AvgIpc) is 2.89. The van der Waals surface area contributed by atoms with E-state index in [1.54, 1.807) is 18.7 Å². The number of nitrogens with zero attached hydrogens (tertiary/aromatic N) is 2. The second kappa shape index (κ2) is 4.65. The molecule has 0 N–H and O–H groups in total. The van der Waals surface area contributed by atoms with Gasteiger partial charge in [0.05, 0.1) is 11.9 Å². The first-order valence-corrected chi connectivity index (χ1v) is 5.98. The molecule has 0 amide bonds. The highest BCUT2D eigenvalue weighted by atomic mass is 32.2. The fraction of sp³-hybridized carbons (Fsp3) is 0.667. The molecule has 1 aliphatic heterocycles. The topological polar surface area (TPSA) is 65.2 Å². The number of thioether (sulfide) groups is 1. The lowest BCUT2D eigenvalue weighted by Gasteiger charge is -1.98. The van der Waals surface area contributed by atoms with Gasteiger partial charge in [0.15, 0.2) is 5.82 Å². The number of carbonyl (C=O) groups excluding carboxylic acids is 1. The van der Waals surface area contributed by atoms with Gasteiger partial charge in [-0.05, 0) is 25.5 Å². The number of esters is 1. The molecule has 2 rings (SSSR count). The van der Waals surface area contributed by atoms with Crippen molar-refractivity contribution in [3.63, 3.8) is 0 Å². The molecule has 5 nitrogen and oxygen atoms in total. The van der Waals surface area contributed by atoms with Crippen molar-refractivity contribution in [3.8, 4) is 0 Å². The summed E-state index contributed by atoms with van der Waals surface area (Å²) in [5.41, 5.74) is 0. The molecule has 15 heavy (non-hydrogen) atoms. The van der Waals surface area contributed by atoms with Gasteiger partial charge in [0.1, 0.15) is 0 Å². The van der Waals surface area contributed by atoms with Crippen LogP contribution in [0.25, 0.3) is 0 Å². The highest BCUT2D eigenvalue weighted by Gasteiger charge is 2.25. The van der Waals surface area contributed by atoms with Crippen LogP contribution in [0.5, 0.6) is 0 Å². The fourth-order valence-electron chi connectivity index (χ4n) is 1.42. The Bertz CT molecular complexity index is 347. The number of carbonyl (C=O) groups is 1. The number of rotatable bonds is 3. The van der Waals surface area contributed by atoms with Crippen molar-refractivity contribution in [3.05, 3.63) is 11.7 Å². The molecule has 0 radical (unpaired) electrons. The molecule has 2 heterocycles. The Labute approximate surface area is 91.6 Å². The molecule has 1 fully saturated rings. The molecule has 6 heteroatoms. The van der Waals surface area contributed by atoms with Gasteiger partial charge >= 0.3 is 11.9 Å². The van der Waals surface area contributed by atoms with Crippen molar-refractivity contribution in [2.45, 2.75) is 25.0 Å². The highest BCUT2D eigenvalue weighted by molar-refractivity contribution is 7.99. The third-order valence-corrected chi connectivity index (χ3v) is 3.48. The third kappa shape index (κ3) is 2.31. The van der Waals surface area contributed by atoms with E-state index in [0.717, 1.165) is 12.2 Å². The van der Waals surface area contributed by atoms with Crippen molar-refractivity contribution in [1.82, 2.24) is 10.1 Å². The third-order valence-electron chi connectivity index (χ3n) is 2.11. The Balaban J connectivity index is 2.06. The van der Waals surface area contributed by atoms with E-state index in [2.05, 4.69) is 10.1 Å². The van der Waals surface area contributed by atoms with Gasteiger partial charge in [0.2, 0.25) is 0 Å². The predicted molar refractivity (Wildman–Crippen MR) is 54.7 cm³/mol. The van der Waals surface area contributed by atoms with Gasteiger partial charge in [-0.15, -0.1) is 0 Å². The van der Waals surface area contributed by atoms with Crippen LogP contribution in [0.2, 0.25) is 0 Å². The molecule has 1 unspecified atom stereocenters. The zero-order chi connectivity index (χ0) is 10.7. The molecule has 0 aromatic carbocycles. The predicted octanol–water partition coefficient (Wildman–Crippen LogP) is 1.81. The smallest absolute Gasteiger partial charge is 0.397 e. The molecule has 1 atom stereocenters. The summed E-state index contributed by atoms with van der Waals surface area (Å²) in [4.78, 5) is 15.3. The van der Waals surface area contributed by atoms with Crippen molar-refractivity contribution in [2.24, 2.45) is 0 Å². The van der Waals surface area contributed by atoms with Crippen LogP contribution in [0, 0.1) is 0 Å². The summed E-state index contributed by atoms with van der Waals surface area (Å²) in [6, 6.07) is 0. The summed E-state index contributed by atoms with van der Waals surface area (Å²) in [6.07, 6.45) is 2.21. The zero-order valence-corrected chi connectivity index (χ0v) is 9.25. The van der Waals surface area contributed by atoms with Crippen molar-refractivity contribution in [2.75, 3.05) is 12.4 Å². The van der Waals surface area contributed by atoms with Crippen LogP contribution in [0.1, 0.15) is 41.5 Å². The van der Waals surface area contributed by atoms with Crippen LogP contribution in [0.15, 0.2) is 4.52 Å². The lowest BCUT2D eigenvalue weighted by Crippen LogP contribution is -2.05. The summed E-state index contributed by atoms with van der Waals surface area (Å²) in [5, 5.41) is 4.07. The van der Waals surface area contributed by atoms with Crippen LogP contribution in [-0.2, 0) is 4.74 Å². The molecule has 1 aromatic heterocycles. The monoisotopic (exact) mass is 228 g/mol. The maximum absolute atomic E-state index is 11.2. The molecule has 0 bridgehead atoms. The SMILES string of the molecule is CCOC(=O)c1nc(C2CCCS2)no1. The minimum atomic E-state index is -0.542. The number of hydrogen-bond acceptors (Lipinski definition) is 6. The van der Waals surface area contributed by atoms with E-state index < -0.39 is 5.97 Å². The quantitative estimate of drug-likeness (QED) is 0.735. The van der Waals surface area contributed by atoms with Crippen molar-refractivity contribution < 1.29 is 14.1 Å². The maximum atomic E-state index is 11.2. The van der Waals surface area contributed by atoms with E-state index in [1.807, 2.05) is 0 Å². The van der Waals surface area contributed by atoms with E-state index in [1.165, 1.54) is 6.42 Å². The molecule has 0 saturated carbocycles. The molecule has 0 aliphatic carbocycles. The molecule has 1 saturated heterocycles. The van der Waals surface area contributed by atoms with E-state index in [4.69, 9.17) is 9.26 Å². The molecule has 1 aromatic rings. The van der Waals surface area contributed by atoms with Gasteiger partial charge in [-0.1, -0.05) is 5.16 Å². The van der Waals surface area contributed by atoms with Gasteiger partial charge < -0.3 is 9.26 Å². The normalized spacial score (nSPS) is 20.5. The first-order chi connectivity index (χ1) is 7.31. The summed E-state index contributed by atoms with van der Waals surface area (Å²) < 4.78 is 9.60. The standard InChI is InChI=1S/C9H12N2O3S/c1-2-13-9(12)8-10-7(11-14-8)6-4-3-5-15-6/h6H,2-5H2,1H3. The first kappa shape index (κ1) is 10.5. The average molecular weight is 228 g/mol. The van der Waals surface area contributed by atoms with Crippen LogP contribution >= 0.6 is 11.8 Å². The van der Waals surface area contributed by atoms with Crippen molar-refractivity contribution >= 4 is 17.7 Å². The lowest BCUT2D eigenvalue weighted by atomic mass is 10.2. The summed E-state index contributed by atoms with van der Waals surface area (Å²) in [6.45, 7) is 2.05. The Morgan fingerprint density at radius 1 is 1.73 bits per heavy atom. The molecule has 1 aliphatic rings. The molecule has 82 valence electrons. The summed E-state index contributed by atoms with van der Waals surface area (Å²) in [5.74, 6) is 1.15. The second-order valence-corrected chi connectivity index (χ2v) is 4.49. The van der Waals surface area contributed by atoms with E-state index >= 15 is 0 Å². The highest BCUT2D eigenvalue weighted by Crippen LogP contribution is 2.38. The second-order valence-electron chi connectivity index (χ2n) is 3.18. The summed E-state index contributed by atoms with van der Waals surface area (Å²) >= 11 is 1.80. The first-order valence-electron chi connectivity index (χ1n) is 4.93. The fourth-order valence-corrected chi connectivity index (χ4v) is 2.62. The molecule has 0 spiro atoms. The maximum Gasteiger partial charge on any atom is 0.397 e. The summed E-state index contributed by atoms with van der Waals surface area (Å²) in [7, 11) is 0. The molecular weight excluding hydrogens is 216 g/mol. The molecular formula is C9H12N2O3S. The van der Waals surface area contributed by atoms with E-state index in [0.29, 0.717) is 12.4 Å². The van der Waals surface area contributed by atoms with Crippen LogP contribution in [0.3, 0.4) is 0 Å². The van der Waals surface area contributed by atoms with Gasteiger partial charge in [0.25, 0.3) is 0 Å². The minimum absolute atomic E-state index is 0.0423. The van der Waals surface area contributed by atoms with Gasteiger partial charge in [-0.3, -0.25) is 0 Å². The largest absolute Gasteiger partial charge is 0.459 e. The Morgan fingerprint density at radius 2 is 2.60 bits per heavy atom. The van der Waals surface area contributed by atoms with E-state index in [9.17, 15) is 4.79 Å². The van der Waals surface area contributed by atoms with Crippen LogP contribution in [0.4, 0.5) is 0 Å². The van der Waals surface area contributed by atoms with E-state index in [-0.39, 0.29) is 11.1 Å². The lowest BCUT2D eigenvalue weighted by molar-refractivity contribution is 0.0470. The number of aromatic nitrogens is 2. The van der Waals surface area contributed by atoms with Crippen LogP contribution in [-0.4, -0.2) is 28.5 Å². The zero-order valence-electron chi connectivity index (χ0n) is 8.43. The Hall–Kier alpha value is -1.04. The minimum Gasteiger partial charge on any atom is -0.459 e. The Morgan fingerprint density at radius 3 is 3.27 bits per heavy atom. The number of ether oxygens (including phenoxy) is 1. The van der Waals surface area contributed by atoms with Gasteiger partial charge in [-0.25, -0.2) is 4.79 Å². The van der Waals surface area contributed by atoms with Crippen LogP contribution < -0.4 is 0 Å². The van der Waals surface area contributed by atoms with Gasteiger partial charge in [0, 0.05) is 0 Å². The van der Waals surface area contributed by atoms with Crippen molar-refractivity contribution in [1.29, 1.82) is 0 Å².